The van der Waals surface area contributed by atoms with Crippen LogP contribution in [-0.4, -0.2) is 36.2 Å². The molecule has 1 heterocycles. The number of rotatable bonds is 4. The molecule has 1 aliphatic heterocycles. The third-order valence-corrected chi connectivity index (χ3v) is 5.36. The molecule has 22 heavy (non-hydrogen) atoms. The standard InChI is InChI=1S/C18H34N2O2/c1-11(2)22-14-10-13(18(14,6)7)19-12-8-9-15(21)20-16(12)17(3,4)5/h11-14,16,19H,8-10H2,1-7H3,(H,20,21)/t12-,13?,14?,16-/m1/s1. The highest BCUT2D eigenvalue weighted by Gasteiger charge is 2.51. The maximum absolute atomic E-state index is 11.8. The zero-order valence-electron chi connectivity index (χ0n) is 15.3. The monoisotopic (exact) mass is 310 g/mol. The molecule has 2 aliphatic rings. The van der Waals surface area contributed by atoms with Crippen molar-refractivity contribution in [3.63, 3.8) is 0 Å². The van der Waals surface area contributed by atoms with Crippen molar-refractivity contribution >= 4 is 5.91 Å². The van der Waals surface area contributed by atoms with Gasteiger partial charge in [-0.25, -0.2) is 0 Å². The highest BCUT2D eigenvalue weighted by Crippen LogP contribution is 2.44. The molecule has 4 heteroatoms. The van der Waals surface area contributed by atoms with Crippen LogP contribution in [0.25, 0.3) is 0 Å². The average Bonchev–Trinajstić information content (AvgIpc) is 2.37. The minimum absolute atomic E-state index is 0.0650. The molecule has 0 bridgehead atoms. The van der Waals surface area contributed by atoms with Crippen LogP contribution >= 0.6 is 0 Å². The number of carbonyl (C=O) groups is 1. The number of ether oxygens (including phenoxy) is 1. The van der Waals surface area contributed by atoms with Gasteiger partial charge in [-0.15, -0.1) is 0 Å². The van der Waals surface area contributed by atoms with Crippen LogP contribution in [0.2, 0.25) is 0 Å². The van der Waals surface area contributed by atoms with Crippen molar-refractivity contribution in [1.82, 2.24) is 10.6 Å². The highest BCUT2D eigenvalue weighted by molar-refractivity contribution is 5.77. The van der Waals surface area contributed by atoms with E-state index >= 15 is 0 Å². The zero-order chi connectivity index (χ0) is 16.7. The Morgan fingerprint density at radius 2 is 1.95 bits per heavy atom. The maximum atomic E-state index is 11.8. The lowest BCUT2D eigenvalue weighted by Crippen LogP contribution is -2.68. The Hall–Kier alpha value is -0.610. The third kappa shape index (κ3) is 3.65. The van der Waals surface area contributed by atoms with E-state index in [0.717, 1.165) is 12.8 Å². The van der Waals surface area contributed by atoms with Gasteiger partial charge < -0.3 is 15.4 Å². The molecule has 0 spiro atoms. The van der Waals surface area contributed by atoms with Crippen molar-refractivity contribution in [3.05, 3.63) is 0 Å². The Balaban J connectivity index is 1.99. The van der Waals surface area contributed by atoms with Gasteiger partial charge in [-0.2, -0.15) is 0 Å². The van der Waals surface area contributed by atoms with E-state index in [4.69, 9.17) is 4.74 Å². The second-order valence-electron chi connectivity index (χ2n) is 9.01. The summed E-state index contributed by atoms with van der Waals surface area (Å²) in [5.74, 6) is 0.187. The van der Waals surface area contributed by atoms with Gasteiger partial charge in [0.2, 0.25) is 5.91 Å². The number of carbonyl (C=O) groups excluding carboxylic acids is 1. The van der Waals surface area contributed by atoms with Crippen molar-refractivity contribution in [2.75, 3.05) is 0 Å². The van der Waals surface area contributed by atoms with Crippen LogP contribution in [0.3, 0.4) is 0 Å². The molecule has 2 rings (SSSR count). The number of hydrogen-bond donors (Lipinski definition) is 2. The van der Waals surface area contributed by atoms with Crippen molar-refractivity contribution in [2.24, 2.45) is 10.8 Å². The molecule has 0 aromatic rings. The number of piperidine rings is 1. The molecule has 0 aromatic heterocycles. The fourth-order valence-electron chi connectivity index (χ4n) is 3.79. The van der Waals surface area contributed by atoms with Gasteiger partial charge in [0.05, 0.1) is 12.2 Å². The number of amides is 1. The minimum atomic E-state index is 0.0650. The summed E-state index contributed by atoms with van der Waals surface area (Å²) in [6.45, 7) is 15.4. The molecule has 1 aliphatic carbocycles. The first-order valence-electron chi connectivity index (χ1n) is 8.72. The Bertz CT molecular complexity index is 412. The summed E-state index contributed by atoms with van der Waals surface area (Å²) in [7, 11) is 0. The third-order valence-electron chi connectivity index (χ3n) is 5.36. The Morgan fingerprint density at radius 3 is 2.45 bits per heavy atom. The topological polar surface area (TPSA) is 50.4 Å². The lowest BCUT2D eigenvalue weighted by Gasteiger charge is -2.55. The fraction of sp³-hybridized carbons (Fsp3) is 0.944. The van der Waals surface area contributed by atoms with Crippen LogP contribution < -0.4 is 10.6 Å². The van der Waals surface area contributed by atoms with E-state index in [-0.39, 0.29) is 28.9 Å². The molecule has 1 saturated carbocycles. The molecular formula is C18H34N2O2. The zero-order valence-corrected chi connectivity index (χ0v) is 15.3. The van der Waals surface area contributed by atoms with Crippen LogP contribution in [0.15, 0.2) is 0 Å². The summed E-state index contributed by atoms with van der Waals surface area (Å²) in [4.78, 5) is 11.8. The van der Waals surface area contributed by atoms with Gasteiger partial charge in [-0.05, 0) is 32.1 Å². The quantitative estimate of drug-likeness (QED) is 0.839. The first kappa shape index (κ1) is 17.7. The van der Waals surface area contributed by atoms with Crippen LogP contribution in [0, 0.1) is 10.8 Å². The Labute approximate surface area is 135 Å². The highest BCUT2D eigenvalue weighted by atomic mass is 16.5. The predicted octanol–water partition coefficient (Wildman–Crippen LogP) is 2.86. The van der Waals surface area contributed by atoms with Gasteiger partial charge >= 0.3 is 0 Å². The van der Waals surface area contributed by atoms with E-state index in [9.17, 15) is 4.79 Å². The summed E-state index contributed by atoms with van der Waals surface area (Å²) in [6.07, 6.45) is 3.23. The Morgan fingerprint density at radius 1 is 1.32 bits per heavy atom. The normalized spacial score (nSPS) is 35.2. The van der Waals surface area contributed by atoms with Gasteiger partial charge in [0.15, 0.2) is 0 Å². The summed E-state index contributed by atoms with van der Waals surface area (Å²) in [5.41, 5.74) is 0.212. The van der Waals surface area contributed by atoms with Gasteiger partial charge in [0, 0.05) is 30.0 Å². The molecule has 4 nitrogen and oxygen atoms in total. The van der Waals surface area contributed by atoms with Gasteiger partial charge in [-0.1, -0.05) is 34.6 Å². The van der Waals surface area contributed by atoms with E-state index in [2.05, 4.69) is 59.1 Å². The molecule has 0 radical (unpaired) electrons. The van der Waals surface area contributed by atoms with E-state index in [1.165, 1.54) is 0 Å². The second-order valence-corrected chi connectivity index (χ2v) is 9.01. The Kier molecular flexibility index (Phi) is 4.94. The first-order valence-corrected chi connectivity index (χ1v) is 8.72. The lowest BCUT2D eigenvalue weighted by molar-refractivity contribution is -0.144. The molecule has 128 valence electrons. The number of nitrogens with one attached hydrogen (secondary N) is 2. The molecular weight excluding hydrogens is 276 g/mol. The van der Waals surface area contributed by atoms with Crippen molar-refractivity contribution in [1.29, 1.82) is 0 Å². The fourth-order valence-corrected chi connectivity index (χ4v) is 3.79. The molecule has 2 N–H and O–H groups in total. The predicted molar refractivity (Wildman–Crippen MR) is 89.7 cm³/mol. The molecule has 2 unspecified atom stereocenters. The van der Waals surface area contributed by atoms with Crippen molar-refractivity contribution in [3.8, 4) is 0 Å². The minimum Gasteiger partial charge on any atom is -0.375 e. The van der Waals surface area contributed by atoms with Crippen molar-refractivity contribution in [2.45, 2.75) is 98.1 Å². The van der Waals surface area contributed by atoms with E-state index < -0.39 is 0 Å². The first-order chi connectivity index (χ1) is 10.0. The number of hydrogen-bond acceptors (Lipinski definition) is 3. The van der Waals surface area contributed by atoms with Gasteiger partial charge in [-0.3, -0.25) is 4.79 Å². The second kappa shape index (κ2) is 6.12. The summed E-state index contributed by atoms with van der Waals surface area (Å²) in [5, 5.41) is 7.03. The SMILES string of the molecule is CC(C)OC1CC(N[C@@H]2CCC(=O)N[C@H]2C(C)(C)C)C1(C)C. The van der Waals surface area contributed by atoms with E-state index in [0.29, 0.717) is 24.6 Å². The van der Waals surface area contributed by atoms with Crippen LogP contribution in [0.5, 0.6) is 0 Å². The van der Waals surface area contributed by atoms with Crippen LogP contribution in [0.4, 0.5) is 0 Å². The summed E-state index contributed by atoms with van der Waals surface area (Å²) < 4.78 is 6.02. The molecule has 4 atom stereocenters. The van der Waals surface area contributed by atoms with Crippen LogP contribution in [-0.2, 0) is 9.53 Å². The lowest BCUT2D eigenvalue weighted by atomic mass is 9.63. The smallest absolute Gasteiger partial charge is 0.220 e. The van der Waals surface area contributed by atoms with E-state index in [1.54, 1.807) is 0 Å². The molecule has 2 fully saturated rings. The largest absolute Gasteiger partial charge is 0.375 e. The van der Waals surface area contributed by atoms with Gasteiger partial charge in [0.25, 0.3) is 0 Å². The molecule has 1 amide bonds. The maximum Gasteiger partial charge on any atom is 0.220 e. The summed E-state index contributed by atoms with van der Waals surface area (Å²) >= 11 is 0. The van der Waals surface area contributed by atoms with Gasteiger partial charge in [0.1, 0.15) is 0 Å². The average molecular weight is 310 g/mol. The molecule has 0 aromatic carbocycles. The van der Waals surface area contributed by atoms with Crippen molar-refractivity contribution < 1.29 is 9.53 Å². The summed E-state index contributed by atoms with van der Waals surface area (Å²) in [6, 6.07) is 0.998. The molecule has 1 saturated heterocycles. The van der Waals surface area contributed by atoms with E-state index in [1.807, 2.05) is 0 Å². The van der Waals surface area contributed by atoms with Crippen LogP contribution in [0.1, 0.15) is 67.7 Å².